The molecule has 393 valence electrons. The molecule has 1 radical (unpaired) electrons. The van der Waals surface area contributed by atoms with Gasteiger partial charge in [0.15, 0.2) is 23.0 Å². The molecule has 2 aromatic carbocycles. The van der Waals surface area contributed by atoms with Crippen LogP contribution in [0, 0.1) is 21.7 Å². The van der Waals surface area contributed by atoms with Crippen LogP contribution in [0.2, 0.25) is 0 Å². The maximum absolute atomic E-state index is 13.3. The van der Waals surface area contributed by atoms with Gasteiger partial charge in [-0.3, -0.25) is 0 Å². The minimum absolute atomic E-state index is 0. The second-order valence-electron chi connectivity index (χ2n) is 27.4. The molecule has 2 atom stereocenters. The smallest absolute Gasteiger partial charge is 0.736 e. The zero-order valence-corrected chi connectivity index (χ0v) is 50.9. The molecule has 2 N–H and O–H groups in total. The molecule has 0 heterocycles. The Morgan fingerprint density at radius 3 is 0.915 bits per heavy atom. The van der Waals surface area contributed by atoms with E-state index in [1.807, 2.05) is 149 Å². The molecule has 13 heteroatoms. The fourth-order valence-electron chi connectivity index (χ4n) is 7.77. The molecule has 10 nitrogen and oxygen atoms in total. The van der Waals surface area contributed by atoms with Gasteiger partial charge in [0.25, 0.3) is 0 Å². The Kier molecular flexibility index (Phi) is 18.9. The molecule has 0 bridgehead atoms. The number of hydrogen-bond acceptors (Lipinski definition) is 10. The van der Waals surface area contributed by atoms with Crippen molar-refractivity contribution in [3.05, 3.63) is 117 Å². The van der Waals surface area contributed by atoms with Crippen molar-refractivity contribution in [1.82, 2.24) is 0 Å². The van der Waals surface area contributed by atoms with Crippen LogP contribution in [0.3, 0.4) is 0 Å². The summed E-state index contributed by atoms with van der Waals surface area (Å²) in [6.07, 6.45) is 5.08. The number of aromatic hydroxyl groups is 2. The average Bonchev–Trinajstić information content (AvgIpc) is 3.10. The molecule has 0 amide bonds. The summed E-state index contributed by atoms with van der Waals surface area (Å²) < 4.78 is 48.7. The number of allylic oxidation sites excluding steroid dienone is 8. The van der Waals surface area contributed by atoms with Gasteiger partial charge in [0.05, 0.1) is 0 Å². The summed E-state index contributed by atoms with van der Waals surface area (Å²) in [6, 6.07) is 6.91. The van der Waals surface area contributed by atoms with E-state index < -0.39 is 26.5 Å². The zero-order valence-electron chi connectivity index (χ0n) is 47.9. The van der Waals surface area contributed by atoms with E-state index in [0.717, 1.165) is 33.4 Å². The van der Waals surface area contributed by atoms with E-state index in [2.05, 4.69) is 54.7 Å². The Labute approximate surface area is 440 Å². The van der Waals surface area contributed by atoms with Crippen LogP contribution in [0.5, 0.6) is 23.0 Å². The van der Waals surface area contributed by atoms with Gasteiger partial charge in [-0.05, 0) is 90.6 Å². The minimum atomic E-state index is -4.92. The van der Waals surface area contributed by atoms with Crippen LogP contribution in [0.15, 0.2) is 94.5 Å². The number of phenols is 2. The largest absolute Gasteiger partial charge is 2.00 e. The van der Waals surface area contributed by atoms with Crippen molar-refractivity contribution >= 4 is 33.0 Å². The Hall–Kier alpha value is -3.41. The first-order chi connectivity index (χ1) is 30.9. The summed E-state index contributed by atoms with van der Waals surface area (Å²) in [7, 11) is -9.85. The van der Waals surface area contributed by atoms with Crippen molar-refractivity contribution in [2.24, 2.45) is 21.7 Å². The van der Waals surface area contributed by atoms with E-state index in [1.165, 1.54) is 0 Å². The monoisotopic (exact) mass is 1030 g/mol. The number of hydrogen-bond donors (Lipinski definition) is 2. The summed E-state index contributed by atoms with van der Waals surface area (Å²) in [4.78, 5) is 26.5. The quantitative estimate of drug-likeness (QED) is 0.193. The second-order valence-corrected chi connectivity index (χ2v) is 29.9. The number of phosphoric ester groups is 2. The molecule has 0 aliphatic heterocycles. The van der Waals surface area contributed by atoms with E-state index in [0.29, 0.717) is 35.1 Å². The van der Waals surface area contributed by atoms with Gasteiger partial charge >= 0.3 is 33.0 Å². The zero-order chi connectivity index (χ0) is 54.7. The molecule has 0 aromatic heterocycles. The molecule has 0 fully saturated rings. The van der Waals surface area contributed by atoms with E-state index in [1.54, 1.807) is 12.1 Å². The predicted octanol–water partition coefficient (Wildman–Crippen LogP) is 15.8. The summed E-state index contributed by atoms with van der Waals surface area (Å²) in [5, 5.41) is 21.7. The van der Waals surface area contributed by atoms with Crippen LogP contribution < -0.4 is 18.8 Å². The first-order valence-electron chi connectivity index (χ1n) is 24.3. The minimum Gasteiger partial charge on any atom is -0.736 e. The van der Waals surface area contributed by atoms with Crippen LogP contribution in [0.4, 0.5) is 0 Å². The van der Waals surface area contributed by atoms with Gasteiger partial charge in [-0.2, -0.15) is 0 Å². The number of benzene rings is 2. The van der Waals surface area contributed by atoms with Gasteiger partial charge in [-0.25, -0.2) is 9.13 Å². The maximum Gasteiger partial charge on any atom is 2.00 e. The Morgan fingerprint density at radius 1 is 0.437 bits per heavy atom. The van der Waals surface area contributed by atoms with Crippen molar-refractivity contribution in [3.63, 3.8) is 0 Å². The third-order valence-electron chi connectivity index (χ3n) is 12.4. The first kappa shape index (κ1) is 63.7. The molecule has 0 saturated heterocycles. The molecule has 0 saturated carbocycles. The van der Waals surface area contributed by atoms with Crippen LogP contribution >= 0.6 is 15.6 Å². The molecule has 0 spiro atoms. The van der Waals surface area contributed by atoms with Crippen molar-refractivity contribution in [3.8, 4) is 23.0 Å². The fourth-order valence-corrected chi connectivity index (χ4v) is 9.58. The SMILES string of the molecule is C=C1CC(C(C)(C)C)=CC(C(C)(C)C)=C1OP(=O)([O-])Oc1c(O)cc(C(C)(C)C)cc1C(C)(C)C.C=C1CC(C(C)(C)C)=CC(C(C)(C)C)=C1OP(=O)([O-])Oc1c(O)cc(C(C)(C)C)cc1C(C)(C)C.[Al+2]. The number of phenolic OH excluding ortho intramolecular Hbond substituents is 2. The van der Waals surface area contributed by atoms with Crippen LogP contribution in [-0.4, -0.2) is 27.6 Å². The van der Waals surface area contributed by atoms with Crippen molar-refractivity contribution < 1.29 is 47.2 Å². The Bertz CT molecular complexity index is 2410. The fraction of sp³-hybridized carbons (Fsp3) is 0.586. The van der Waals surface area contributed by atoms with Crippen LogP contribution in [0.1, 0.15) is 201 Å². The molecular formula is C58H88AlO10P2. The third-order valence-corrected chi connectivity index (χ3v) is 14.0. The second kappa shape index (κ2) is 21.1. The standard InChI is InChI=1S/2C29H45O5P.Al/c2*1-18-14-19(26(2,3)4)15-21(28(8,9)10)24(18)33-35(31,32)34-25-22(29(11,12)13)16-20(17-23(25)30)27(5,6)7;/h2*15-17,30H,1,14H2,2-13H3,(H,31,32);/q;;+2/p-2. The molecule has 4 rings (SSSR count). The summed E-state index contributed by atoms with van der Waals surface area (Å²) in [6.45, 7) is 56.9. The summed E-state index contributed by atoms with van der Waals surface area (Å²) >= 11 is 0. The third kappa shape index (κ3) is 16.8. The number of rotatable bonds is 8. The summed E-state index contributed by atoms with van der Waals surface area (Å²) in [5.74, 6) is -0.240. The molecule has 2 unspecified atom stereocenters. The van der Waals surface area contributed by atoms with Gasteiger partial charge in [0, 0.05) is 22.3 Å². The first-order valence-corrected chi connectivity index (χ1v) is 27.2. The topological polar surface area (TPSA) is 158 Å². The van der Waals surface area contributed by atoms with Crippen LogP contribution in [-0.2, 0) is 39.8 Å². The molecule has 71 heavy (non-hydrogen) atoms. The maximum atomic E-state index is 13.3. The molecule has 2 aromatic rings. The molecular weight excluding hydrogens is 946 g/mol. The van der Waals surface area contributed by atoms with Gasteiger partial charge in [-0.15, -0.1) is 0 Å². The van der Waals surface area contributed by atoms with E-state index >= 15 is 0 Å². The Morgan fingerprint density at radius 2 is 0.704 bits per heavy atom. The Balaban J connectivity index is 0.000000480. The predicted molar refractivity (Wildman–Crippen MR) is 291 cm³/mol. The van der Waals surface area contributed by atoms with Crippen molar-refractivity contribution in [1.29, 1.82) is 0 Å². The van der Waals surface area contributed by atoms with Crippen molar-refractivity contribution in [2.45, 2.75) is 201 Å². The normalized spacial score (nSPS) is 17.5. The molecule has 2 aliphatic rings. The summed E-state index contributed by atoms with van der Waals surface area (Å²) in [5.41, 5.74) is 5.53. The van der Waals surface area contributed by atoms with Gasteiger partial charge in [0.2, 0.25) is 0 Å². The van der Waals surface area contributed by atoms with E-state index in [9.17, 15) is 29.1 Å². The average molecular weight is 1030 g/mol. The van der Waals surface area contributed by atoms with E-state index in [-0.39, 0.29) is 84.4 Å². The molecule has 2 aliphatic carbocycles. The van der Waals surface area contributed by atoms with Gasteiger partial charge in [0.1, 0.15) is 11.5 Å². The van der Waals surface area contributed by atoms with Crippen molar-refractivity contribution in [2.75, 3.05) is 0 Å². The van der Waals surface area contributed by atoms with Gasteiger partial charge in [-0.1, -0.05) is 215 Å². The number of phosphoric acid groups is 2. The van der Waals surface area contributed by atoms with Crippen LogP contribution in [0.25, 0.3) is 0 Å². The van der Waals surface area contributed by atoms with Gasteiger partial charge < -0.3 is 38.1 Å². The van der Waals surface area contributed by atoms with E-state index in [4.69, 9.17) is 18.1 Å².